The zero-order valence-electron chi connectivity index (χ0n) is 16.3. The molecule has 0 radical (unpaired) electrons. The summed E-state index contributed by atoms with van der Waals surface area (Å²) in [6, 6.07) is 3.67. The van der Waals surface area contributed by atoms with E-state index in [1.54, 1.807) is 25.1 Å². The predicted molar refractivity (Wildman–Crippen MR) is 102 cm³/mol. The van der Waals surface area contributed by atoms with Crippen LogP contribution in [0.1, 0.15) is 25.8 Å². The van der Waals surface area contributed by atoms with Gasteiger partial charge in [0.2, 0.25) is 5.91 Å². The number of aliphatic hydroxyl groups is 3. The number of hydrogen-bond donors (Lipinski definition) is 5. The Hall–Kier alpha value is -2.17. The Morgan fingerprint density at radius 3 is 2.55 bits per heavy atom. The van der Waals surface area contributed by atoms with Crippen LogP contribution in [0.2, 0.25) is 0 Å². The largest absolute Gasteiger partial charge is 0.504 e. The molecule has 0 spiro atoms. The third-order valence-corrected chi connectivity index (χ3v) is 5.09. The summed E-state index contributed by atoms with van der Waals surface area (Å²) in [6.07, 6.45) is -3.27. The molecule has 5 N–H and O–H groups in total. The number of aromatic hydroxyl groups is 1. The molecular formula is C20H27NO8. The van der Waals surface area contributed by atoms with E-state index >= 15 is 0 Å². The van der Waals surface area contributed by atoms with E-state index in [4.69, 9.17) is 14.2 Å². The first-order valence-electron chi connectivity index (χ1n) is 9.56. The monoisotopic (exact) mass is 409 g/mol. The van der Waals surface area contributed by atoms with Crippen molar-refractivity contribution in [2.45, 2.75) is 56.8 Å². The van der Waals surface area contributed by atoms with Crippen LogP contribution in [-0.4, -0.2) is 76.3 Å². The molecule has 0 aromatic heterocycles. The van der Waals surface area contributed by atoms with Gasteiger partial charge in [0.05, 0.1) is 12.6 Å². The van der Waals surface area contributed by atoms with Crippen LogP contribution >= 0.6 is 0 Å². The number of carbonyl (C=O) groups is 1. The van der Waals surface area contributed by atoms with E-state index in [-0.39, 0.29) is 18.1 Å². The van der Waals surface area contributed by atoms with E-state index < -0.39 is 42.5 Å². The van der Waals surface area contributed by atoms with E-state index in [2.05, 4.69) is 5.32 Å². The van der Waals surface area contributed by atoms with E-state index in [1.165, 1.54) is 6.07 Å². The number of rotatable bonds is 6. The molecule has 3 rings (SSSR count). The van der Waals surface area contributed by atoms with E-state index in [0.717, 1.165) is 6.42 Å². The summed E-state index contributed by atoms with van der Waals surface area (Å²) in [4.78, 5) is 12.6. The van der Waals surface area contributed by atoms with E-state index in [1.807, 2.05) is 6.92 Å². The summed E-state index contributed by atoms with van der Waals surface area (Å²) >= 11 is 0. The Labute approximate surface area is 168 Å². The van der Waals surface area contributed by atoms with Crippen molar-refractivity contribution < 1.29 is 39.4 Å². The molecule has 9 heteroatoms. The zero-order chi connectivity index (χ0) is 21.1. The summed E-state index contributed by atoms with van der Waals surface area (Å²) in [5.74, 6) is -0.212. The van der Waals surface area contributed by atoms with Crippen molar-refractivity contribution >= 4 is 12.0 Å². The van der Waals surface area contributed by atoms with Gasteiger partial charge in [0, 0.05) is 5.57 Å². The molecule has 1 saturated carbocycles. The van der Waals surface area contributed by atoms with Crippen molar-refractivity contribution in [2.75, 3.05) is 13.4 Å². The predicted octanol–water partition coefficient (Wildman–Crippen LogP) is -0.0931. The van der Waals surface area contributed by atoms with Crippen LogP contribution in [0.3, 0.4) is 0 Å². The molecule has 29 heavy (non-hydrogen) atoms. The van der Waals surface area contributed by atoms with Crippen LogP contribution in [0.15, 0.2) is 23.8 Å². The number of carbonyl (C=O) groups excluding carboxylic acids is 1. The van der Waals surface area contributed by atoms with Gasteiger partial charge in [0.1, 0.15) is 37.3 Å². The SMILES string of the molecule is CCCOc1ccc(/C=C(\C)C(=O)N[C@@H]2[C@H](O)[C@@H](O)[C@H]3OCO[C@H]3[C@@H]2O)cc1O. The van der Waals surface area contributed by atoms with Crippen molar-refractivity contribution in [3.05, 3.63) is 29.3 Å². The average molecular weight is 409 g/mol. The van der Waals surface area contributed by atoms with Crippen LogP contribution in [0.5, 0.6) is 11.5 Å². The van der Waals surface area contributed by atoms with E-state index in [9.17, 15) is 25.2 Å². The van der Waals surface area contributed by atoms with Crippen molar-refractivity contribution in [3.8, 4) is 11.5 Å². The third-order valence-electron chi connectivity index (χ3n) is 5.09. The minimum Gasteiger partial charge on any atom is -0.504 e. The molecule has 9 nitrogen and oxygen atoms in total. The maximum Gasteiger partial charge on any atom is 0.247 e. The molecule has 1 heterocycles. The summed E-state index contributed by atoms with van der Waals surface area (Å²) < 4.78 is 15.9. The smallest absolute Gasteiger partial charge is 0.247 e. The summed E-state index contributed by atoms with van der Waals surface area (Å²) in [5.41, 5.74) is 0.864. The lowest BCUT2D eigenvalue weighted by Gasteiger charge is -2.41. The van der Waals surface area contributed by atoms with Crippen LogP contribution in [-0.2, 0) is 14.3 Å². The number of aliphatic hydroxyl groups excluding tert-OH is 3. The van der Waals surface area contributed by atoms with Gasteiger partial charge >= 0.3 is 0 Å². The second kappa shape index (κ2) is 9.10. The molecule has 1 aromatic carbocycles. The van der Waals surface area contributed by atoms with Gasteiger partial charge in [-0.25, -0.2) is 0 Å². The number of benzene rings is 1. The summed E-state index contributed by atoms with van der Waals surface area (Å²) in [5, 5.41) is 43.5. The summed E-state index contributed by atoms with van der Waals surface area (Å²) in [6.45, 7) is 3.90. The highest BCUT2D eigenvalue weighted by Gasteiger charge is 2.53. The zero-order valence-corrected chi connectivity index (χ0v) is 16.3. The van der Waals surface area contributed by atoms with Gasteiger partial charge in [0.15, 0.2) is 11.5 Å². The Morgan fingerprint density at radius 2 is 1.90 bits per heavy atom. The quantitative estimate of drug-likeness (QED) is 0.411. The van der Waals surface area contributed by atoms with Crippen LogP contribution in [0, 0.1) is 0 Å². The average Bonchev–Trinajstić information content (AvgIpc) is 3.19. The molecule has 2 aliphatic rings. The van der Waals surface area contributed by atoms with Crippen molar-refractivity contribution in [3.63, 3.8) is 0 Å². The first-order chi connectivity index (χ1) is 13.8. The van der Waals surface area contributed by atoms with Gasteiger partial charge in [-0.15, -0.1) is 0 Å². The summed E-state index contributed by atoms with van der Waals surface area (Å²) in [7, 11) is 0. The lowest BCUT2D eigenvalue weighted by Crippen LogP contribution is -2.67. The Balaban J connectivity index is 1.69. The molecule has 6 atom stereocenters. The minimum absolute atomic E-state index is 0.0360. The first kappa shape index (κ1) is 21.5. The van der Waals surface area contributed by atoms with E-state index in [0.29, 0.717) is 17.9 Å². The molecule has 0 bridgehead atoms. The van der Waals surface area contributed by atoms with Crippen LogP contribution in [0.25, 0.3) is 6.08 Å². The molecule has 1 saturated heterocycles. The topological polar surface area (TPSA) is 138 Å². The highest BCUT2D eigenvalue weighted by Crippen LogP contribution is 2.30. The number of ether oxygens (including phenoxy) is 3. The maximum atomic E-state index is 12.6. The van der Waals surface area contributed by atoms with Crippen LogP contribution in [0.4, 0.5) is 0 Å². The second-order valence-corrected chi connectivity index (χ2v) is 7.25. The number of fused-ring (bicyclic) bond motifs is 1. The second-order valence-electron chi connectivity index (χ2n) is 7.25. The van der Waals surface area contributed by atoms with Gasteiger partial charge in [0.25, 0.3) is 0 Å². The highest BCUT2D eigenvalue weighted by atomic mass is 16.7. The standard InChI is InChI=1S/C20H27NO8/c1-3-6-27-13-5-4-11(8-12(13)22)7-10(2)20(26)21-14-15(23)17(25)19-18(16(14)24)28-9-29-19/h4-5,7-8,14-19,22-25H,3,6,9H2,1-2H3,(H,21,26)/b10-7+/t14-,15+,16-,17-,18+,19-/m1/s1. The molecule has 1 amide bonds. The maximum absolute atomic E-state index is 12.6. The highest BCUT2D eigenvalue weighted by molar-refractivity contribution is 5.97. The van der Waals surface area contributed by atoms with Crippen molar-refractivity contribution in [1.29, 1.82) is 0 Å². The van der Waals surface area contributed by atoms with Gasteiger partial charge in [-0.05, 0) is 37.1 Å². The van der Waals surface area contributed by atoms with Gasteiger partial charge in [-0.3, -0.25) is 4.79 Å². The van der Waals surface area contributed by atoms with Gasteiger partial charge in [-0.1, -0.05) is 13.0 Å². The van der Waals surface area contributed by atoms with Crippen LogP contribution < -0.4 is 10.1 Å². The fourth-order valence-electron chi connectivity index (χ4n) is 3.49. The molecule has 0 unspecified atom stereocenters. The number of phenols is 1. The van der Waals surface area contributed by atoms with Gasteiger partial charge in [-0.2, -0.15) is 0 Å². The number of amides is 1. The van der Waals surface area contributed by atoms with Crippen molar-refractivity contribution in [1.82, 2.24) is 5.32 Å². The Bertz CT molecular complexity index is 767. The molecule has 1 aliphatic carbocycles. The Kier molecular flexibility index (Phi) is 6.76. The molecular weight excluding hydrogens is 382 g/mol. The number of hydrogen-bond acceptors (Lipinski definition) is 8. The molecule has 1 aliphatic heterocycles. The molecule has 160 valence electrons. The van der Waals surface area contributed by atoms with Crippen molar-refractivity contribution in [2.24, 2.45) is 0 Å². The fraction of sp³-hybridized carbons (Fsp3) is 0.550. The number of phenolic OH excluding ortho intramolecular Hbond substituents is 1. The molecule has 2 fully saturated rings. The van der Waals surface area contributed by atoms with Gasteiger partial charge < -0.3 is 40.0 Å². The Morgan fingerprint density at radius 1 is 1.21 bits per heavy atom. The molecule has 1 aromatic rings. The third kappa shape index (κ3) is 4.54. The lowest BCUT2D eigenvalue weighted by atomic mass is 9.83. The normalized spacial score (nSPS) is 32.0. The first-order valence-corrected chi connectivity index (χ1v) is 9.56. The number of nitrogens with one attached hydrogen (secondary N) is 1. The minimum atomic E-state index is -1.41. The fourth-order valence-corrected chi connectivity index (χ4v) is 3.49. The lowest BCUT2D eigenvalue weighted by molar-refractivity contribution is -0.155.